The largest absolute Gasteiger partial charge is 0.436 e. The van der Waals surface area contributed by atoms with Crippen LogP contribution in [0.3, 0.4) is 0 Å². The smallest absolute Gasteiger partial charge is 0.341 e. The number of nitrogens with zero attached hydrogens (tertiary/aromatic N) is 2. The lowest BCUT2D eigenvalue weighted by Gasteiger charge is -2.03. The molecule has 0 atom stereocenters. The summed E-state index contributed by atoms with van der Waals surface area (Å²) in [5.74, 6) is -3.00. The van der Waals surface area contributed by atoms with Crippen LogP contribution in [0.5, 0.6) is 0 Å². The number of rotatable bonds is 5. The van der Waals surface area contributed by atoms with Crippen molar-refractivity contribution >= 4 is 15.5 Å². The number of hydrogen-bond acceptors (Lipinski definition) is 6. The number of alkyl halides is 2. The molecule has 134 valence electrons. The van der Waals surface area contributed by atoms with Gasteiger partial charge in [0.1, 0.15) is 0 Å². The van der Waals surface area contributed by atoms with Crippen LogP contribution in [0.25, 0.3) is 22.8 Å². The fourth-order valence-corrected chi connectivity index (χ4v) is 2.90. The van der Waals surface area contributed by atoms with Crippen molar-refractivity contribution in [2.75, 3.05) is 0 Å². The third kappa shape index (κ3) is 3.31. The highest BCUT2D eigenvalue weighted by molar-refractivity contribution is 7.91. The van der Waals surface area contributed by atoms with Crippen molar-refractivity contribution < 1.29 is 26.5 Å². The van der Waals surface area contributed by atoms with Gasteiger partial charge < -0.3 is 4.42 Å². The quantitative estimate of drug-likeness (QED) is 0.491. The number of halogens is 2. The van der Waals surface area contributed by atoms with E-state index in [4.69, 9.17) is 4.42 Å². The minimum atomic E-state index is -4.66. The van der Waals surface area contributed by atoms with E-state index in [1.807, 2.05) is 0 Å². The lowest BCUT2D eigenvalue weighted by atomic mass is 10.2. The summed E-state index contributed by atoms with van der Waals surface area (Å²) in [5.41, 5.74) is 0.891. The predicted molar refractivity (Wildman–Crippen MR) is 87.2 cm³/mol. The van der Waals surface area contributed by atoms with Crippen molar-refractivity contribution in [2.24, 2.45) is 0 Å². The van der Waals surface area contributed by atoms with Gasteiger partial charge in [0.2, 0.25) is 15.7 Å². The predicted octanol–water partition coefficient (Wildman–Crippen LogP) is 3.91. The van der Waals surface area contributed by atoms with Gasteiger partial charge in [-0.2, -0.15) is 8.78 Å². The first-order chi connectivity index (χ1) is 12.3. The van der Waals surface area contributed by atoms with Gasteiger partial charge in [0, 0.05) is 23.3 Å². The highest BCUT2D eigenvalue weighted by Gasteiger charge is 2.26. The molecule has 3 aromatic rings. The maximum atomic E-state index is 12.5. The third-order valence-corrected chi connectivity index (χ3v) is 4.93. The summed E-state index contributed by atoms with van der Waals surface area (Å²) in [6, 6.07) is 10.4. The molecule has 0 fully saturated rings. The summed E-state index contributed by atoms with van der Waals surface area (Å²) in [7, 11) is -4.66. The molecule has 10 heteroatoms. The fraction of sp³-hybridized carbons (Fsp3) is 0.0625. The number of aromatic nitrogens is 1. The van der Waals surface area contributed by atoms with Gasteiger partial charge in [0.25, 0.3) is 5.69 Å². The number of benzene rings is 2. The van der Waals surface area contributed by atoms with Gasteiger partial charge in [-0.25, -0.2) is 13.4 Å². The average Bonchev–Trinajstić information content (AvgIpc) is 3.12. The maximum absolute atomic E-state index is 12.5. The van der Waals surface area contributed by atoms with Gasteiger partial charge in [-0.1, -0.05) is 0 Å². The summed E-state index contributed by atoms with van der Waals surface area (Å²) >= 11 is 0. The van der Waals surface area contributed by atoms with Crippen molar-refractivity contribution in [3.8, 4) is 22.8 Å². The van der Waals surface area contributed by atoms with Gasteiger partial charge in [0.05, 0.1) is 16.0 Å². The Morgan fingerprint density at radius 2 is 1.58 bits per heavy atom. The van der Waals surface area contributed by atoms with Gasteiger partial charge in [-0.15, -0.1) is 0 Å². The molecule has 26 heavy (non-hydrogen) atoms. The Balaban J connectivity index is 1.87. The van der Waals surface area contributed by atoms with E-state index in [1.165, 1.54) is 42.6 Å². The third-order valence-electron chi connectivity index (χ3n) is 3.53. The molecule has 0 radical (unpaired) electrons. The summed E-state index contributed by atoms with van der Waals surface area (Å²) in [4.78, 5) is 13.7. The molecule has 0 bridgehead atoms. The number of nitro benzene ring substituents is 1. The molecule has 3 rings (SSSR count). The van der Waals surface area contributed by atoms with Crippen molar-refractivity contribution in [1.82, 2.24) is 4.98 Å². The lowest BCUT2D eigenvalue weighted by Crippen LogP contribution is -2.11. The summed E-state index contributed by atoms with van der Waals surface area (Å²) in [6.45, 7) is 0. The van der Waals surface area contributed by atoms with Crippen molar-refractivity contribution in [1.29, 1.82) is 0 Å². The molecule has 1 aromatic heterocycles. The van der Waals surface area contributed by atoms with E-state index in [1.54, 1.807) is 0 Å². The zero-order valence-corrected chi connectivity index (χ0v) is 13.7. The van der Waals surface area contributed by atoms with E-state index in [2.05, 4.69) is 4.98 Å². The standard InChI is InChI=1S/C16H10F2N2O5S/c17-16(18)26(23,24)13-7-3-11(4-8-13)15-19-9-14(25-15)10-1-5-12(6-2-10)20(21)22/h1-9,16H. The van der Waals surface area contributed by atoms with Crippen molar-refractivity contribution in [2.45, 2.75) is 10.7 Å². The van der Waals surface area contributed by atoms with Gasteiger partial charge in [0.15, 0.2) is 5.76 Å². The molecule has 0 unspecified atom stereocenters. The summed E-state index contributed by atoms with van der Waals surface area (Å²) in [6.07, 6.45) is 1.40. The molecule has 0 aliphatic rings. The first kappa shape index (κ1) is 17.7. The van der Waals surface area contributed by atoms with Crippen LogP contribution >= 0.6 is 0 Å². The second-order valence-electron chi connectivity index (χ2n) is 5.16. The normalized spacial score (nSPS) is 11.7. The van der Waals surface area contributed by atoms with Crippen LogP contribution in [-0.2, 0) is 9.84 Å². The molecular weight excluding hydrogens is 370 g/mol. The Hall–Kier alpha value is -3.14. The molecule has 2 aromatic carbocycles. The molecule has 0 saturated carbocycles. The first-order valence-electron chi connectivity index (χ1n) is 7.12. The second-order valence-corrected chi connectivity index (χ2v) is 7.08. The fourth-order valence-electron chi connectivity index (χ4n) is 2.18. The monoisotopic (exact) mass is 380 g/mol. The number of non-ortho nitro benzene ring substituents is 1. The Kier molecular flexibility index (Phi) is 4.51. The molecule has 0 spiro atoms. The minimum absolute atomic E-state index is 0.0654. The first-order valence-corrected chi connectivity index (χ1v) is 8.67. The van der Waals surface area contributed by atoms with Gasteiger partial charge >= 0.3 is 5.76 Å². The molecule has 0 aliphatic heterocycles. The van der Waals surface area contributed by atoms with E-state index >= 15 is 0 Å². The maximum Gasteiger partial charge on any atom is 0.341 e. The second kappa shape index (κ2) is 6.64. The van der Waals surface area contributed by atoms with E-state index in [0.29, 0.717) is 16.9 Å². The highest BCUT2D eigenvalue weighted by Crippen LogP contribution is 2.28. The van der Waals surface area contributed by atoms with Crippen LogP contribution < -0.4 is 0 Å². The molecule has 0 N–H and O–H groups in total. The van der Waals surface area contributed by atoms with Crippen LogP contribution in [0.15, 0.2) is 64.0 Å². The Morgan fingerprint density at radius 1 is 1.00 bits per heavy atom. The topological polar surface area (TPSA) is 103 Å². The number of nitro groups is 1. The molecule has 0 amide bonds. The van der Waals surface area contributed by atoms with Crippen LogP contribution in [0.1, 0.15) is 0 Å². The van der Waals surface area contributed by atoms with Crippen LogP contribution in [0, 0.1) is 10.1 Å². The van der Waals surface area contributed by atoms with E-state index in [-0.39, 0.29) is 11.6 Å². The molecule has 0 aliphatic carbocycles. The minimum Gasteiger partial charge on any atom is -0.436 e. The Morgan fingerprint density at radius 3 is 2.12 bits per heavy atom. The SMILES string of the molecule is O=[N+]([O-])c1ccc(-c2cnc(-c3ccc(S(=O)(=O)C(F)F)cc3)o2)cc1. The molecule has 7 nitrogen and oxygen atoms in total. The molecule has 1 heterocycles. The zero-order chi connectivity index (χ0) is 18.9. The summed E-state index contributed by atoms with van der Waals surface area (Å²) in [5, 5.41) is 10.7. The molecule has 0 saturated heterocycles. The van der Waals surface area contributed by atoms with Crippen LogP contribution in [-0.4, -0.2) is 24.1 Å². The summed E-state index contributed by atoms with van der Waals surface area (Å²) < 4.78 is 53.4. The highest BCUT2D eigenvalue weighted by atomic mass is 32.2. The van der Waals surface area contributed by atoms with Gasteiger partial charge in [-0.3, -0.25) is 10.1 Å². The van der Waals surface area contributed by atoms with Crippen LogP contribution in [0.4, 0.5) is 14.5 Å². The van der Waals surface area contributed by atoms with Gasteiger partial charge in [-0.05, 0) is 36.4 Å². The van der Waals surface area contributed by atoms with E-state index in [0.717, 1.165) is 12.1 Å². The zero-order valence-electron chi connectivity index (χ0n) is 12.9. The number of hydrogen-bond donors (Lipinski definition) is 0. The number of oxazole rings is 1. The lowest BCUT2D eigenvalue weighted by molar-refractivity contribution is -0.384. The van der Waals surface area contributed by atoms with E-state index in [9.17, 15) is 27.3 Å². The molecular formula is C16H10F2N2O5S. The Bertz CT molecular complexity index is 1050. The van der Waals surface area contributed by atoms with Crippen LogP contribution in [0.2, 0.25) is 0 Å². The Labute approximate surface area is 146 Å². The van der Waals surface area contributed by atoms with E-state index < -0.39 is 25.4 Å². The van der Waals surface area contributed by atoms with Crippen molar-refractivity contribution in [3.63, 3.8) is 0 Å². The number of sulfone groups is 1. The van der Waals surface area contributed by atoms with Crippen molar-refractivity contribution in [3.05, 3.63) is 64.8 Å². The average molecular weight is 380 g/mol.